The van der Waals surface area contributed by atoms with E-state index in [1.165, 1.54) is 18.2 Å². The van der Waals surface area contributed by atoms with Gasteiger partial charge in [0.05, 0.1) is 11.5 Å². The van der Waals surface area contributed by atoms with E-state index < -0.39 is 16.1 Å². The zero-order valence-electron chi connectivity index (χ0n) is 12.7. The standard InChI is InChI=1S/C14H22N2O4S2/c1-3-21-8-7-15-14(18)12-5-4-6-13(9-12)22(19,20)16-11(2)10-17/h4-6,9,11,16-17H,3,7-8,10H2,1-2H3,(H,15,18). The minimum absolute atomic E-state index is 0.00313. The molecule has 0 spiro atoms. The van der Waals surface area contributed by atoms with E-state index >= 15 is 0 Å². The molecule has 22 heavy (non-hydrogen) atoms. The van der Waals surface area contributed by atoms with E-state index in [0.29, 0.717) is 12.1 Å². The van der Waals surface area contributed by atoms with Crippen LogP contribution in [0.5, 0.6) is 0 Å². The Morgan fingerprint density at radius 3 is 2.77 bits per heavy atom. The lowest BCUT2D eigenvalue weighted by atomic mass is 10.2. The Hall–Kier alpha value is -1.09. The smallest absolute Gasteiger partial charge is 0.251 e. The van der Waals surface area contributed by atoms with Gasteiger partial charge >= 0.3 is 0 Å². The van der Waals surface area contributed by atoms with Crippen molar-refractivity contribution in [2.24, 2.45) is 0 Å². The van der Waals surface area contributed by atoms with Crippen molar-refractivity contribution in [2.75, 3.05) is 24.7 Å². The molecule has 0 fully saturated rings. The molecule has 8 heteroatoms. The predicted octanol–water partition coefficient (Wildman–Crippen LogP) is 0.829. The van der Waals surface area contributed by atoms with Gasteiger partial charge in [-0.25, -0.2) is 13.1 Å². The van der Waals surface area contributed by atoms with Gasteiger partial charge in [-0.3, -0.25) is 4.79 Å². The van der Waals surface area contributed by atoms with Gasteiger partial charge in [-0.15, -0.1) is 0 Å². The zero-order chi connectivity index (χ0) is 16.6. The number of benzene rings is 1. The highest BCUT2D eigenvalue weighted by Gasteiger charge is 2.18. The molecule has 1 amide bonds. The molecule has 0 aliphatic heterocycles. The molecular weight excluding hydrogens is 324 g/mol. The van der Waals surface area contributed by atoms with Crippen LogP contribution in [0, 0.1) is 0 Å². The van der Waals surface area contributed by atoms with Crippen LogP contribution in [-0.4, -0.2) is 50.1 Å². The Balaban J connectivity index is 2.79. The number of hydrogen-bond donors (Lipinski definition) is 3. The van der Waals surface area contributed by atoms with E-state index in [4.69, 9.17) is 5.11 Å². The summed E-state index contributed by atoms with van der Waals surface area (Å²) in [6, 6.07) is 5.24. The van der Waals surface area contributed by atoms with Gasteiger partial charge in [0.25, 0.3) is 5.91 Å². The van der Waals surface area contributed by atoms with Gasteiger partial charge in [0.1, 0.15) is 0 Å². The summed E-state index contributed by atoms with van der Waals surface area (Å²) < 4.78 is 26.6. The molecule has 0 aliphatic rings. The monoisotopic (exact) mass is 346 g/mol. The van der Waals surface area contributed by atoms with Crippen molar-refractivity contribution in [3.05, 3.63) is 29.8 Å². The lowest BCUT2D eigenvalue weighted by molar-refractivity contribution is 0.0956. The first-order valence-corrected chi connectivity index (χ1v) is 9.63. The minimum Gasteiger partial charge on any atom is -0.395 e. The first kappa shape index (κ1) is 19.0. The number of carbonyl (C=O) groups excluding carboxylic acids is 1. The van der Waals surface area contributed by atoms with Crippen molar-refractivity contribution in [3.8, 4) is 0 Å². The molecule has 0 heterocycles. The molecule has 1 aromatic rings. The van der Waals surface area contributed by atoms with Gasteiger partial charge in [0, 0.05) is 23.9 Å². The third kappa shape index (κ3) is 5.96. The van der Waals surface area contributed by atoms with Gasteiger partial charge in [0.15, 0.2) is 0 Å². The first-order chi connectivity index (χ1) is 10.4. The third-order valence-corrected chi connectivity index (χ3v) is 5.26. The maximum atomic E-state index is 12.1. The Kier molecular flexibility index (Phi) is 7.88. The van der Waals surface area contributed by atoms with Crippen LogP contribution in [-0.2, 0) is 10.0 Å². The summed E-state index contributed by atoms with van der Waals surface area (Å²) in [4.78, 5) is 12.0. The summed E-state index contributed by atoms with van der Waals surface area (Å²) in [5, 5.41) is 11.7. The van der Waals surface area contributed by atoms with Gasteiger partial charge in [0.2, 0.25) is 10.0 Å². The number of amides is 1. The molecule has 0 bridgehead atoms. The maximum absolute atomic E-state index is 12.1. The fourth-order valence-corrected chi connectivity index (χ4v) is 3.47. The van der Waals surface area contributed by atoms with Crippen molar-refractivity contribution in [3.63, 3.8) is 0 Å². The topological polar surface area (TPSA) is 95.5 Å². The number of aliphatic hydroxyl groups is 1. The summed E-state index contributed by atoms with van der Waals surface area (Å²) in [7, 11) is -3.75. The number of rotatable bonds is 9. The quantitative estimate of drug-likeness (QED) is 0.576. The highest BCUT2D eigenvalue weighted by atomic mass is 32.2. The molecule has 0 aliphatic carbocycles. The van der Waals surface area contributed by atoms with Crippen LogP contribution in [0.1, 0.15) is 24.2 Å². The van der Waals surface area contributed by atoms with Gasteiger partial charge in [-0.2, -0.15) is 11.8 Å². The molecule has 124 valence electrons. The van der Waals surface area contributed by atoms with Crippen molar-refractivity contribution >= 4 is 27.7 Å². The Morgan fingerprint density at radius 1 is 1.41 bits per heavy atom. The van der Waals surface area contributed by atoms with Crippen LogP contribution in [0.2, 0.25) is 0 Å². The molecular formula is C14H22N2O4S2. The van der Waals surface area contributed by atoms with Crippen LogP contribution >= 0.6 is 11.8 Å². The Bertz CT molecular complexity index is 590. The molecule has 6 nitrogen and oxygen atoms in total. The number of nitrogens with one attached hydrogen (secondary N) is 2. The number of aliphatic hydroxyl groups excluding tert-OH is 1. The van der Waals surface area contributed by atoms with E-state index in [9.17, 15) is 13.2 Å². The largest absolute Gasteiger partial charge is 0.395 e. The lowest BCUT2D eigenvalue weighted by Gasteiger charge is -2.12. The maximum Gasteiger partial charge on any atom is 0.251 e. The molecule has 0 saturated carbocycles. The van der Waals surface area contributed by atoms with E-state index in [0.717, 1.165) is 11.5 Å². The second-order valence-electron chi connectivity index (χ2n) is 4.69. The first-order valence-electron chi connectivity index (χ1n) is 7.00. The van der Waals surface area contributed by atoms with Crippen molar-refractivity contribution in [2.45, 2.75) is 24.8 Å². The minimum atomic E-state index is -3.75. The average Bonchev–Trinajstić information content (AvgIpc) is 2.51. The number of sulfonamides is 1. The molecule has 1 atom stereocenters. The highest BCUT2D eigenvalue weighted by Crippen LogP contribution is 2.12. The molecule has 1 rings (SSSR count). The van der Waals surface area contributed by atoms with E-state index in [1.807, 2.05) is 6.92 Å². The van der Waals surface area contributed by atoms with Crippen LogP contribution in [0.25, 0.3) is 0 Å². The third-order valence-electron chi connectivity index (χ3n) is 2.77. The normalized spacial score (nSPS) is 12.9. The van der Waals surface area contributed by atoms with Gasteiger partial charge in [-0.05, 0) is 30.9 Å². The summed E-state index contributed by atoms with van der Waals surface area (Å²) >= 11 is 1.72. The van der Waals surface area contributed by atoms with Crippen molar-refractivity contribution < 1.29 is 18.3 Å². The van der Waals surface area contributed by atoms with Crippen LogP contribution in [0.4, 0.5) is 0 Å². The Morgan fingerprint density at radius 2 is 2.14 bits per heavy atom. The summed E-state index contributed by atoms with van der Waals surface area (Å²) in [6.07, 6.45) is 0. The Labute approximate surface area is 135 Å². The molecule has 1 aromatic carbocycles. The molecule has 3 N–H and O–H groups in total. The lowest BCUT2D eigenvalue weighted by Crippen LogP contribution is -2.35. The fraction of sp³-hybridized carbons (Fsp3) is 0.500. The summed E-state index contributed by atoms with van der Waals surface area (Å²) in [6.45, 7) is 3.84. The molecule has 0 aromatic heterocycles. The van der Waals surface area contributed by atoms with Crippen molar-refractivity contribution in [1.82, 2.24) is 10.0 Å². The number of thioether (sulfide) groups is 1. The zero-order valence-corrected chi connectivity index (χ0v) is 14.3. The van der Waals surface area contributed by atoms with Crippen LogP contribution in [0.15, 0.2) is 29.2 Å². The van der Waals surface area contributed by atoms with Gasteiger partial charge in [-0.1, -0.05) is 13.0 Å². The summed E-state index contributed by atoms with van der Waals surface area (Å²) in [5.74, 6) is 1.50. The van der Waals surface area contributed by atoms with E-state index in [1.54, 1.807) is 24.8 Å². The SMILES string of the molecule is CCSCCNC(=O)c1cccc(S(=O)(=O)NC(C)CO)c1. The molecule has 1 unspecified atom stereocenters. The second-order valence-corrected chi connectivity index (χ2v) is 7.79. The highest BCUT2D eigenvalue weighted by molar-refractivity contribution is 7.99. The van der Waals surface area contributed by atoms with Crippen LogP contribution < -0.4 is 10.0 Å². The summed E-state index contributed by atoms with van der Waals surface area (Å²) in [5.41, 5.74) is 0.293. The fourth-order valence-electron chi connectivity index (χ4n) is 1.66. The molecule has 0 saturated heterocycles. The van der Waals surface area contributed by atoms with E-state index in [2.05, 4.69) is 10.0 Å². The second kappa shape index (κ2) is 9.14. The van der Waals surface area contributed by atoms with Gasteiger partial charge < -0.3 is 10.4 Å². The van der Waals surface area contributed by atoms with E-state index in [-0.39, 0.29) is 17.4 Å². The number of hydrogen-bond acceptors (Lipinski definition) is 5. The number of carbonyl (C=O) groups is 1. The van der Waals surface area contributed by atoms with Crippen molar-refractivity contribution in [1.29, 1.82) is 0 Å². The average molecular weight is 346 g/mol. The van der Waals surface area contributed by atoms with Crippen LogP contribution in [0.3, 0.4) is 0 Å². The predicted molar refractivity (Wildman–Crippen MR) is 88.6 cm³/mol. The molecule has 0 radical (unpaired) electrons.